The van der Waals surface area contributed by atoms with Gasteiger partial charge in [-0.2, -0.15) is 0 Å². The van der Waals surface area contributed by atoms with Gasteiger partial charge in [-0.3, -0.25) is 19.7 Å². The molecule has 0 heterocycles. The normalized spacial score (nSPS) is 15.0. The molecule has 1 aliphatic rings. The molecule has 0 radical (unpaired) electrons. The van der Waals surface area contributed by atoms with Crippen molar-refractivity contribution in [1.29, 1.82) is 0 Å². The predicted octanol–water partition coefficient (Wildman–Crippen LogP) is 4.04. The van der Waals surface area contributed by atoms with E-state index in [1.165, 1.54) is 24.3 Å². The summed E-state index contributed by atoms with van der Waals surface area (Å²) < 4.78 is 19.6. The lowest BCUT2D eigenvalue weighted by Crippen LogP contribution is -2.37. The number of aryl methyl sites for hydroxylation is 1. The number of nitro groups is 1. The van der Waals surface area contributed by atoms with Gasteiger partial charge in [0.1, 0.15) is 5.82 Å². The number of benzene rings is 2. The van der Waals surface area contributed by atoms with Crippen LogP contribution in [0.15, 0.2) is 42.5 Å². The summed E-state index contributed by atoms with van der Waals surface area (Å²) in [4.78, 5) is 35.4. The molecule has 0 saturated heterocycles. The number of anilines is 1. The van der Waals surface area contributed by atoms with E-state index < -0.39 is 34.6 Å². The van der Waals surface area contributed by atoms with E-state index in [0.717, 1.165) is 12.8 Å². The Morgan fingerprint density at radius 3 is 2.55 bits per heavy atom. The number of hydrogen-bond donors (Lipinski definition) is 1. The molecule has 0 atom stereocenters. The molecule has 2 aromatic rings. The smallest absolute Gasteiger partial charge is 0.317 e. The van der Waals surface area contributed by atoms with E-state index in [4.69, 9.17) is 4.74 Å². The van der Waals surface area contributed by atoms with Crippen LogP contribution in [0.2, 0.25) is 0 Å². The van der Waals surface area contributed by atoms with E-state index in [1.54, 1.807) is 25.1 Å². The minimum atomic E-state index is -1.09. The molecule has 1 aliphatic carbocycles. The van der Waals surface area contributed by atoms with Crippen LogP contribution in [0.3, 0.4) is 0 Å². The van der Waals surface area contributed by atoms with Crippen molar-refractivity contribution in [1.82, 2.24) is 0 Å². The molecule has 1 N–H and O–H groups in total. The first kappa shape index (κ1) is 20.4. The van der Waals surface area contributed by atoms with Crippen LogP contribution in [0.25, 0.3) is 0 Å². The van der Waals surface area contributed by atoms with E-state index in [2.05, 4.69) is 5.32 Å². The number of halogens is 1. The third kappa shape index (κ3) is 4.26. The van der Waals surface area contributed by atoms with Gasteiger partial charge in [-0.15, -0.1) is 0 Å². The van der Waals surface area contributed by atoms with Crippen LogP contribution in [-0.4, -0.2) is 23.4 Å². The lowest BCUT2D eigenvalue weighted by atomic mass is 9.78. The molecule has 7 nitrogen and oxygen atoms in total. The van der Waals surface area contributed by atoms with Crippen molar-refractivity contribution in [2.45, 2.75) is 38.0 Å². The van der Waals surface area contributed by atoms with Crippen molar-refractivity contribution in [2.75, 3.05) is 11.9 Å². The number of nitrogens with one attached hydrogen (secondary N) is 1. The van der Waals surface area contributed by atoms with E-state index in [-0.39, 0.29) is 16.9 Å². The van der Waals surface area contributed by atoms with Gasteiger partial charge in [0, 0.05) is 17.7 Å². The molecule has 0 aromatic heterocycles. The topological polar surface area (TPSA) is 98.5 Å². The van der Waals surface area contributed by atoms with E-state index >= 15 is 0 Å². The molecule has 1 saturated carbocycles. The average molecular weight is 400 g/mol. The zero-order chi connectivity index (χ0) is 21.0. The second-order valence-corrected chi connectivity index (χ2v) is 7.15. The molecule has 0 aliphatic heterocycles. The van der Waals surface area contributed by atoms with E-state index in [9.17, 15) is 24.1 Å². The van der Waals surface area contributed by atoms with Crippen molar-refractivity contribution in [3.05, 3.63) is 69.5 Å². The highest BCUT2D eigenvalue weighted by atomic mass is 19.1. The number of amides is 1. The Morgan fingerprint density at radius 2 is 1.90 bits per heavy atom. The van der Waals surface area contributed by atoms with Gasteiger partial charge >= 0.3 is 5.97 Å². The first-order valence-corrected chi connectivity index (χ1v) is 9.30. The Labute approximate surface area is 167 Å². The summed E-state index contributed by atoms with van der Waals surface area (Å²) in [6, 6.07) is 10.2. The minimum Gasteiger partial charge on any atom is -0.455 e. The van der Waals surface area contributed by atoms with Gasteiger partial charge in [-0.05, 0) is 31.4 Å². The van der Waals surface area contributed by atoms with Gasteiger partial charge in [0.25, 0.3) is 11.6 Å². The molecule has 0 unspecified atom stereocenters. The van der Waals surface area contributed by atoms with Crippen molar-refractivity contribution < 1.29 is 23.6 Å². The molecular weight excluding hydrogens is 379 g/mol. The highest BCUT2D eigenvalue weighted by molar-refractivity contribution is 5.94. The molecule has 1 fully saturated rings. The summed E-state index contributed by atoms with van der Waals surface area (Å²) >= 11 is 0. The fraction of sp³-hybridized carbons (Fsp3) is 0.333. The van der Waals surface area contributed by atoms with Gasteiger partial charge in [0.15, 0.2) is 6.61 Å². The number of ether oxygens (including phenoxy) is 1. The van der Waals surface area contributed by atoms with E-state index in [1.807, 2.05) is 0 Å². The first-order chi connectivity index (χ1) is 13.8. The molecule has 8 heteroatoms. The quantitative estimate of drug-likeness (QED) is 0.448. The van der Waals surface area contributed by atoms with Crippen LogP contribution < -0.4 is 5.32 Å². The zero-order valence-electron chi connectivity index (χ0n) is 15.9. The second-order valence-electron chi connectivity index (χ2n) is 7.15. The average Bonchev–Trinajstić information content (AvgIpc) is 3.19. The number of rotatable bonds is 6. The Morgan fingerprint density at radius 1 is 1.21 bits per heavy atom. The minimum absolute atomic E-state index is 0.160. The maximum atomic E-state index is 14.3. The predicted molar refractivity (Wildman–Crippen MR) is 104 cm³/mol. The molecule has 1 amide bonds. The number of hydrogen-bond acceptors (Lipinski definition) is 5. The van der Waals surface area contributed by atoms with Crippen molar-refractivity contribution in [3.63, 3.8) is 0 Å². The van der Waals surface area contributed by atoms with Gasteiger partial charge < -0.3 is 10.1 Å². The Bertz CT molecular complexity index is 954. The third-order valence-electron chi connectivity index (χ3n) is 5.28. The van der Waals surface area contributed by atoms with Gasteiger partial charge in [0.05, 0.1) is 16.0 Å². The maximum Gasteiger partial charge on any atom is 0.317 e. The second kappa shape index (κ2) is 8.38. The van der Waals surface area contributed by atoms with Gasteiger partial charge in [-0.1, -0.05) is 37.1 Å². The molecule has 152 valence electrons. The zero-order valence-corrected chi connectivity index (χ0v) is 15.9. The number of carbonyl (C=O) groups excluding carboxylic acids is 2. The number of nitrogens with zero attached hydrogens (tertiary/aromatic N) is 1. The van der Waals surface area contributed by atoms with Crippen LogP contribution in [0.5, 0.6) is 0 Å². The van der Waals surface area contributed by atoms with Crippen molar-refractivity contribution in [2.24, 2.45) is 0 Å². The molecule has 0 spiro atoms. The van der Waals surface area contributed by atoms with Crippen LogP contribution in [-0.2, 0) is 19.7 Å². The summed E-state index contributed by atoms with van der Waals surface area (Å²) in [5.74, 6) is -1.72. The fourth-order valence-corrected chi connectivity index (χ4v) is 3.73. The standard InChI is InChI=1S/C21H21FN2O5/c1-14-8-9-15(24(27)28)12-18(14)23-19(25)13-29-20(26)21(10-4-5-11-21)16-6-2-3-7-17(16)22/h2-3,6-9,12H,4-5,10-11,13H2,1H3,(H,23,25). The number of non-ortho nitro benzene ring substituents is 1. The summed E-state index contributed by atoms with van der Waals surface area (Å²) in [6.07, 6.45) is 2.45. The summed E-state index contributed by atoms with van der Waals surface area (Å²) in [5, 5.41) is 13.4. The first-order valence-electron chi connectivity index (χ1n) is 9.30. The van der Waals surface area contributed by atoms with E-state index in [0.29, 0.717) is 18.4 Å². The summed E-state index contributed by atoms with van der Waals surface area (Å²) in [7, 11) is 0. The number of carbonyl (C=O) groups is 2. The SMILES string of the molecule is Cc1ccc([N+](=O)[O-])cc1NC(=O)COC(=O)C1(c2ccccc2F)CCCC1. The lowest BCUT2D eigenvalue weighted by molar-refractivity contribution is -0.384. The van der Waals surface area contributed by atoms with Gasteiger partial charge in [-0.25, -0.2) is 4.39 Å². The fourth-order valence-electron chi connectivity index (χ4n) is 3.73. The maximum absolute atomic E-state index is 14.3. The Hall–Kier alpha value is -3.29. The summed E-state index contributed by atoms with van der Waals surface area (Å²) in [6.45, 7) is 1.13. The number of nitro benzene ring substituents is 1. The molecule has 0 bridgehead atoms. The van der Waals surface area contributed by atoms with Crippen LogP contribution in [0.1, 0.15) is 36.8 Å². The van der Waals surface area contributed by atoms with Crippen molar-refractivity contribution in [3.8, 4) is 0 Å². The molecule has 29 heavy (non-hydrogen) atoms. The van der Waals surface area contributed by atoms with Gasteiger partial charge in [0.2, 0.25) is 0 Å². The van der Waals surface area contributed by atoms with Crippen LogP contribution >= 0.6 is 0 Å². The monoisotopic (exact) mass is 400 g/mol. The highest BCUT2D eigenvalue weighted by Gasteiger charge is 2.45. The van der Waals surface area contributed by atoms with Crippen molar-refractivity contribution >= 4 is 23.3 Å². The number of esters is 1. The third-order valence-corrected chi connectivity index (χ3v) is 5.28. The summed E-state index contributed by atoms with van der Waals surface area (Å²) in [5.41, 5.74) is -0.0591. The lowest BCUT2D eigenvalue weighted by Gasteiger charge is -2.27. The Kier molecular flexibility index (Phi) is 5.91. The van der Waals surface area contributed by atoms with Crippen LogP contribution in [0.4, 0.5) is 15.8 Å². The largest absolute Gasteiger partial charge is 0.455 e. The molecule has 3 rings (SSSR count). The molecule has 2 aromatic carbocycles. The molecular formula is C21H21FN2O5. The highest BCUT2D eigenvalue weighted by Crippen LogP contribution is 2.43. The Balaban J connectivity index is 1.70. The van der Waals surface area contributed by atoms with Crippen LogP contribution in [0, 0.1) is 22.9 Å².